The van der Waals surface area contributed by atoms with Crippen molar-refractivity contribution < 1.29 is 19.1 Å². The summed E-state index contributed by atoms with van der Waals surface area (Å²) in [7, 11) is 3.16. The standard InChI is InChI=1S/C17H22N2O4/c1-13(17(21)19-8-6-18(12-20)7-9-19)10-14-4-5-15(22-2)16(11-14)23-3/h4-5,10-12H,6-9H2,1-3H3/b13-10+. The number of amides is 2. The highest BCUT2D eigenvalue weighted by atomic mass is 16.5. The highest BCUT2D eigenvalue weighted by Gasteiger charge is 2.21. The molecule has 0 N–H and O–H groups in total. The number of carbonyl (C=O) groups is 2. The summed E-state index contributed by atoms with van der Waals surface area (Å²) >= 11 is 0. The van der Waals surface area contributed by atoms with E-state index in [4.69, 9.17) is 9.47 Å². The Labute approximate surface area is 136 Å². The third kappa shape index (κ3) is 4.03. The van der Waals surface area contributed by atoms with Crippen molar-refractivity contribution in [3.05, 3.63) is 29.3 Å². The molecule has 0 saturated carbocycles. The molecule has 1 fully saturated rings. The van der Waals surface area contributed by atoms with E-state index in [0.29, 0.717) is 43.3 Å². The summed E-state index contributed by atoms with van der Waals surface area (Å²) in [5.41, 5.74) is 1.52. The number of piperazine rings is 1. The average molecular weight is 318 g/mol. The van der Waals surface area contributed by atoms with Crippen LogP contribution in [0.1, 0.15) is 12.5 Å². The van der Waals surface area contributed by atoms with Crippen molar-refractivity contribution in [3.8, 4) is 11.5 Å². The highest BCUT2D eigenvalue weighted by molar-refractivity contribution is 5.97. The Kier molecular flexibility index (Phi) is 5.62. The Balaban J connectivity index is 2.10. The normalized spacial score (nSPS) is 15.3. The van der Waals surface area contributed by atoms with Crippen LogP contribution < -0.4 is 9.47 Å². The van der Waals surface area contributed by atoms with Gasteiger partial charge in [0.15, 0.2) is 11.5 Å². The maximum absolute atomic E-state index is 12.5. The van der Waals surface area contributed by atoms with Gasteiger partial charge in [-0.15, -0.1) is 0 Å². The minimum Gasteiger partial charge on any atom is -0.493 e. The number of hydrogen-bond acceptors (Lipinski definition) is 4. The Hall–Kier alpha value is -2.50. The molecule has 2 amide bonds. The fourth-order valence-electron chi connectivity index (χ4n) is 2.53. The summed E-state index contributed by atoms with van der Waals surface area (Å²) in [6.45, 7) is 4.09. The number of rotatable bonds is 5. The van der Waals surface area contributed by atoms with Crippen LogP contribution in [0.4, 0.5) is 0 Å². The maximum atomic E-state index is 12.5. The predicted octanol–water partition coefficient (Wildman–Crippen LogP) is 1.41. The fraction of sp³-hybridized carbons (Fsp3) is 0.412. The molecule has 0 unspecified atom stereocenters. The lowest BCUT2D eigenvalue weighted by molar-refractivity contribution is -0.131. The zero-order valence-electron chi connectivity index (χ0n) is 13.7. The second-order valence-electron chi connectivity index (χ2n) is 5.38. The molecule has 6 nitrogen and oxygen atoms in total. The summed E-state index contributed by atoms with van der Waals surface area (Å²) in [4.78, 5) is 26.6. The number of methoxy groups -OCH3 is 2. The predicted molar refractivity (Wildman–Crippen MR) is 87.4 cm³/mol. The van der Waals surface area contributed by atoms with Gasteiger partial charge < -0.3 is 19.3 Å². The van der Waals surface area contributed by atoms with Gasteiger partial charge in [0.05, 0.1) is 14.2 Å². The van der Waals surface area contributed by atoms with Crippen LogP contribution in [0.5, 0.6) is 11.5 Å². The Bertz CT molecular complexity index is 605. The third-order valence-electron chi connectivity index (χ3n) is 3.88. The topological polar surface area (TPSA) is 59.1 Å². The quantitative estimate of drug-likeness (QED) is 0.608. The molecule has 1 aromatic rings. The van der Waals surface area contributed by atoms with Crippen LogP contribution in [-0.2, 0) is 9.59 Å². The van der Waals surface area contributed by atoms with Crippen LogP contribution >= 0.6 is 0 Å². The van der Waals surface area contributed by atoms with Crippen molar-refractivity contribution in [1.82, 2.24) is 9.80 Å². The second-order valence-corrected chi connectivity index (χ2v) is 5.38. The molecule has 2 rings (SSSR count). The van der Waals surface area contributed by atoms with Gasteiger partial charge in [0.25, 0.3) is 0 Å². The molecule has 124 valence electrons. The summed E-state index contributed by atoms with van der Waals surface area (Å²) < 4.78 is 10.5. The fourth-order valence-corrected chi connectivity index (χ4v) is 2.53. The van der Waals surface area contributed by atoms with Gasteiger partial charge in [-0.3, -0.25) is 9.59 Å². The minimum atomic E-state index is -0.00895. The van der Waals surface area contributed by atoms with Crippen LogP contribution in [-0.4, -0.2) is 62.5 Å². The molecular formula is C17H22N2O4. The first-order chi connectivity index (χ1) is 11.1. The first-order valence-corrected chi connectivity index (χ1v) is 7.48. The van der Waals surface area contributed by atoms with E-state index >= 15 is 0 Å². The van der Waals surface area contributed by atoms with E-state index in [9.17, 15) is 9.59 Å². The SMILES string of the molecule is COc1ccc(/C=C(\C)C(=O)N2CCN(C=O)CC2)cc1OC. The smallest absolute Gasteiger partial charge is 0.249 e. The van der Waals surface area contributed by atoms with Gasteiger partial charge in [-0.25, -0.2) is 0 Å². The molecule has 0 spiro atoms. The molecule has 6 heteroatoms. The Morgan fingerprint density at radius 2 is 1.74 bits per heavy atom. The van der Waals surface area contributed by atoms with Gasteiger partial charge in [-0.1, -0.05) is 6.07 Å². The average Bonchev–Trinajstić information content (AvgIpc) is 2.60. The summed E-state index contributed by atoms with van der Waals surface area (Å²) in [6.07, 6.45) is 2.66. The van der Waals surface area contributed by atoms with Crippen LogP contribution in [0, 0.1) is 0 Å². The van der Waals surface area contributed by atoms with Crippen molar-refractivity contribution in [1.29, 1.82) is 0 Å². The summed E-state index contributed by atoms with van der Waals surface area (Å²) in [5, 5.41) is 0. The molecule has 0 bridgehead atoms. The van der Waals surface area contributed by atoms with Crippen molar-refractivity contribution in [3.63, 3.8) is 0 Å². The van der Waals surface area contributed by atoms with Gasteiger partial charge in [-0.05, 0) is 30.7 Å². The molecule has 0 aromatic heterocycles. The number of nitrogens with zero attached hydrogens (tertiary/aromatic N) is 2. The molecule has 1 aliphatic rings. The van der Waals surface area contributed by atoms with E-state index in [1.165, 1.54) is 0 Å². The number of hydrogen-bond donors (Lipinski definition) is 0. The molecule has 0 aliphatic carbocycles. The molecular weight excluding hydrogens is 296 g/mol. The lowest BCUT2D eigenvalue weighted by atomic mass is 10.1. The zero-order chi connectivity index (χ0) is 16.8. The zero-order valence-corrected chi connectivity index (χ0v) is 13.7. The monoisotopic (exact) mass is 318 g/mol. The first-order valence-electron chi connectivity index (χ1n) is 7.48. The maximum Gasteiger partial charge on any atom is 0.249 e. The molecule has 23 heavy (non-hydrogen) atoms. The van der Waals surface area contributed by atoms with Crippen molar-refractivity contribution in [2.24, 2.45) is 0 Å². The van der Waals surface area contributed by atoms with Crippen molar-refractivity contribution in [2.45, 2.75) is 6.92 Å². The summed E-state index contributed by atoms with van der Waals surface area (Å²) in [5.74, 6) is 1.27. The Morgan fingerprint density at radius 3 is 2.30 bits per heavy atom. The molecule has 1 heterocycles. The minimum absolute atomic E-state index is 0.00895. The second kappa shape index (κ2) is 7.67. The van der Waals surface area contributed by atoms with Gasteiger partial charge in [0.1, 0.15) is 0 Å². The van der Waals surface area contributed by atoms with Gasteiger partial charge in [-0.2, -0.15) is 0 Å². The van der Waals surface area contributed by atoms with E-state index in [-0.39, 0.29) is 5.91 Å². The van der Waals surface area contributed by atoms with Gasteiger partial charge in [0, 0.05) is 31.8 Å². The van der Waals surface area contributed by atoms with Gasteiger partial charge in [0.2, 0.25) is 12.3 Å². The lowest BCUT2D eigenvalue weighted by Gasteiger charge is -2.32. The van der Waals surface area contributed by atoms with Crippen molar-refractivity contribution in [2.75, 3.05) is 40.4 Å². The number of ether oxygens (including phenoxy) is 2. The molecule has 0 radical (unpaired) electrons. The molecule has 0 atom stereocenters. The van der Waals surface area contributed by atoms with E-state index in [1.807, 2.05) is 24.3 Å². The molecule has 1 saturated heterocycles. The van der Waals surface area contributed by atoms with E-state index < -0.39 is 0 Å². The first kappa shape index (κ1) is 16.9. The van der Waals surface area contributed by atoms with Crippen LogP contribution in [0.3, 0.4) is 0 Å². The number of benzene rings is 1. The van der Waals surface area contributed by atoms with E-state index in [1.54, 1.807) is 30.9 Å². The van der Waals surface area contributed by atoms with Crippen molar-refractivity contribution >= 4 is 18.4 Å². The highest BCUT2D eigenvalue weighted by Crippen LogP contribution is 2.28. The van der Waals surface area contributed by atoms with E-state index in [2.05, 4.69) is 0 Å². The molecule has 1 aromatic carbocycles. The van der Waals surface area contributed by atoms with Crippen LogP contribution in [0.2, 0.25) is 0 Å². The summed E-state index contributed by atoms with van der Waals surface area (Å²) in [6, 6.07) is 5.52. The van der Waals surface area contributed by atoms with Gasteiger partial charge >= 0.3 is 0 Å². The molecule has 1 aliphatic heterocycles. The third-order valence-corrected chi connectivity index (χ3v) is 3.88. The number of carbonyl (C=O) groups excluding carboxylic acids is 2. The van der Waals surface area contributed by atoms with Crippen LogP contribution in [0.25, 0.3) is 6.08 Å². The largest absolute Gasteiger partial charge is 0.493 e. The Morgan fingerprint density at radius 1 is 1.09 bits per heavy atom. The van der Waals surface area contributed by atoms with E-state index in [0.717, 1.165) is 12.0 Å². The van der Waals surface area contributed by atoms with Crippen LogP contribution in [0.15, 0.2) is 23.8 Å². The lowest BCUT2D eigenvalue weighted by Crippen LogP contribution is -2.48.